The molecule has 1 fully saturated rings. The highest BCUT2D eigenvalue weighted by Gasteiger charge is 2.29. The minimum absolute atomic E-state index is 0.328. The average molecular weight is 185 g/mol. The van der Waals surface area contributed by atoms with Crippen molar-refractivity contribution in [3.63, 3.8) is 0 Å². The van der Waals surface area contributed by atoms with Gasteiger partial charge < -0.3 is 10.0 Å². The van der Waals surface area contributed by atoms with Gasteiger partial charge >= 0.3 is 0 Å². The summed E-state index contributed by atoms with van der Waals surface area (Å²) < 4.78 is 0. The molecule has 1 aliphatic rings. The Bertz CT molecular complexity index is 161. The SMILES string of the molecule is CC(C)C(C)(O)CN(C)CC1CC1. The molecule has 0 spiro atoms. The third-order valence-corrected chi connectivity index (χ3v) is 3.10. The highest BCUT2D eigenvalue weighted by molar-refractivity contribution is 4.82. The van der Waals surface area contributed by atoms with E-state index in [0.29, 0.717) is 5.92 Å². The molecular formula is C11H23NO. The molecule has 1 aliphatic carbocycles. The zero-order valence-electron chi connectivity index (χ0n) is 9.38. The Morgan fingerprint density at radius 2 is 2.00 bits per heavy atom. The van der Waals surface area contributed by atoms with Crippen molar-refractivity contribution in [3.05, 3.63) is 0 Å². The first kappa shape index (κ1) is 11.0. The number of hydrogen-bond acceptors (Lipinski definition) is 2. The van der Waals surface area contributed by atoms with Gasteiger partial charge in [0.15, 0.2) is 0 Å². The Kier molecular flexibility index (Phi) is 3.36. The van der Waals surface area contributed by atoms with Gasteiger partial charge in [0.2, 0.25) is 0 Å². The van der Waals surface area contributed by atoms with E-state index >= 15 is 0 Å². The van der Waals surface area contributed by atoms with E-state index < -0.39 is 5.60 Å². The summed E-state index contributed by atoms with van der Waals surface area (Å²) in [6, 6.07) is 0. The third kappa shape index (κ3) is 3.65. The van der Waals surface area contributed by atoms with Crippen LogP contribution in [0.4, 0.5) is 0 Å². The number of hydrogen-bond donors (Lipinski definition) is 1. The van der Waals surface area contributed by atoms with Gasteiger partial charge in [0.1, 0.15) is 0 Å². The van der Waals surface area contributed by atoms with E-state index in [1.54, 1.807) is 0 Å². The van der Waals surface area contributed by atoms with E-state index in [1.807, 2.05) is 6.92 Å². The van der Waals surface area contributed by atoms with Gasteiger partial charge in [-0.15, -0.1) is 0 Å². The first-order valence-corrected chi connectivity index (χ1v) is 5.32. The van der Waals surface area contributed by atoms with Crippen LogP contribution in [-0.2, 0) is 0 Å². The minimum atomic E-state index is -0.538. The van der Waals surface area contributed by atoms with Crippen molar-refractivity contribution in [3.8, 4) is 0 Å². The summed E-state index contributed by atoms with van der Waals surface area (Å²) >= 11 is 0. The maximum atomic E-state index is 10.1. The lowest BCUT2D eigenvalue weighted by molar-refractivity contribution is -0.0138. The molecule has 0 heterocycles. The van der Waals surface area contributed by atoms with E-state index in [2.05, 4.69) is 25.8 Å². The third-order valence-electron chi connectivity index (χ3n) is 3.10. The molecule has 2 nitrogen and oxygen atoms in total. The van der Waals surface area contributed by atoms with Crippen molar-refractivity contribution in [1.82, 2.24) is 4.90 Å². The maximum absolute atomic E-state index is 10.1. The van der Waals surface area contributed by atoms with Gasteiger partial charge in [0.05, 0.1) is 5.60 Å². The molecule has 0 aliphatic heterocycles. The van der Waals surface area contributed by atoms with E-state index in [9.17, 15) is 5.11 Å². The van der Waals surface area contributed by atoms with Crippen molar-refractivity contribution in [2.75, 3.05) is 20.1 Å². The summed E-state index contributed by atoms with van der Waals surface area (Å²) in [5.41, 5.74) is -0.538. The molecular weight excluding hydrogens is 162 g/mol. The van der Waals surface area contributed by atoms with Gasteiger partial charge in [-0.05, 0) is 38.6 Å². The normalized spacial score (nSPS) is 22.4. The monoisotopic (exact) mass is 185 g/mol. The first-order valence-electron chi connectivity index (χ1n) is 5.32. The number of nitrogens with zero attached hydrogens (tertiary/aromatic N) is 1. The van der Waals surface area contributed by atoms with Gasteiger partial charge in [0, 0.05) is 13.1 Å². The minimum Gasteiger partial charge on any atom is -0.389 e. The van der Waals surface area contributed by atoms with E-state index in [4.69, 9.17) is 0 Å². The van der Waals surface area contributed by atoms with Gasteiger partial charge in [-0.2, -0.15) is 0 Å². The van der Waals surface area contributed by atoms with Crippen molar-refractivity contribution in [2.24, 2.45) is 11.8 Å². The molecule has 0 amide bonds. The Morgan fingerprint density at radius 1 is 1.46 bits per heavy atom. The fraction of sp³-hybridized carbons (Fsp3) is 1.00. The molecule has 0 aromatic heterocycles. The van der Waals surface area contributed by atoms with Gasteiger partial charge in [-0.1, -0.05) is 13.8 Å². The summed E-state index contributed by atoms with van der Waals surface area (Å²) in [5.74, 6) is 1.24. The Hall–Kier alpha value is -0.0800. The average Bonchev–Trinajstić information content (AvgIpc) is 2.69. The fourth-order valence-electron chi connectivity index (χ4n) is 1.53. The van der Waals surface area contributed by atoms with Crippen LogP contribution >= 0.6 is 0 Å². The van der Waals surface area contributed by atoms with Crippen LogP contribution in [0.1, 0.15) is 33.6 Å². The van der Waals surface area contributed by atoms with Crippen LogP contribution in [0.15, 0.2) is 0 Å². The van der Waals surface area contributed by atoms with Crippen molar-refractivity contribution >= 4 is 0 Å². The molecule has 0 aromatic rings. The lowest BCUT2D eigenvalue weighted by Gasteiger charge is -2.32. The second-order valence-corrected chi connectivity index (χ2v) is 5.15. The number of likely N-dealkylation sites (N-methyl/N-ethyl adjacent to an activating group) is 1. The highest BCUT2D eigenvalue weighted by atomic mass is 16.3. The molecule has 78 valence electrons. The van der Waals surface area contributed by atoms with Crippen molar-refractivity contribution in [1.29, 1.82) is 0 Å². The predicted molar refractivity (Wildman–Crippen MR) is 55.7 cm³/mol. The topological polar surface area (TPSA) is 23.5 Å². The Morgan fingerprint density at radius 3 is 2.38 bits per heavy atom. The second-order valence-electron chi connectivity index (χ2n) is 5.15. The summed E-state index contributed by atoms with van der Waals surface area (Å²) in [7, 11) is 2.11. The van der Waals surface area contributed by atoms with Crippen LogP contribution in [-0.4, -0.2) is 35.7 Å². The molecule has 0 radical (unpaired) electrons. The molecule has 13 heavy (non-hydrogen) atoms. The van der Waals surface area contributed by atoms with Crippen molar-refractivity contribution < 1.29 is 5.11 Å². The molecule has 1 N–H and O–H groups in total. The lowest BCUT2D eigenvalue weighted by Crippen LogP contribution is -2.43. The Balaban J connectivity index is 2.27. The molecule has 0 saturated heterocycles. The number of aliphatic hydroxyl groups is 1. The second kappa shape index (κ2) is 3.97. The van der Waals surface area contributed by atoms with Gasteiger partial charge in [0.25, 0.3) is 0 Å². The first-order chi connectivity index (χ1) is 5.92. The zero-order valence-corrected chi connectivity index (χ0v) is 9.38. The standard InChI is InChI=1S/C11H23NO/c1-9(2)11(3,13)8-12(4)7-10-5-6-10/h9-10,13H,5-8H2,1-4H3. The summed E-state index contributed by atoms with van der Waals surface area (Å²) in [4.78, 5) is 2.26. The van der Waals surface area contributed by atoms with Crippen LogP contribution in [0.5, 0.6) is 0 Å². The molecule has 1 saturated carbocycles. The quantitative estimate of drug-likeness (QED) is 0.705. The highest BCUT2D eigenvalue weighted by Crippen LogP contribution is 2.30. The van der Waals surface area contributed by atoms with Gasteiger partial charge in [-0.25, -0.2) is 0 Å². The summed E-state index contributed by atoms with van der Waals surface area (Å²) in [6.45, 7) is 8.03. The smallest absolute Gasteiger partial charge is 0.0768 e. The van der Waals surface area contributed by atoms with E-state index in [1.165, 1.54) is 12.8 Å². The molecule has 0 bridgehead atoms. The molecule has 1 atom stereocenters. The molecule has 1 unspecified atom stereocenters. The predicted octanol–water partition coefficient (Wildman–Crippen LogP) is 1.74. The van der Waals surface area contributed by atoms with E-state index in [0.717, 1.165) is 19.0 Å². The zero-order chi connectivity index (χ0) is 10.1. The maximum Gasteiger partial charge on any atom is 0.0768 e. The summed E-state index contributed by atoms with van der Waals surface area (Å²) in [5, 5.41) is 10.1. The molecule has 2 heteroatoms. The van der Waals surface area contributed by atoms with Crippen LogP contribution in [0.2, 0.25) is 0 Å². The largest absolute Gasteiger partial charge is 0.389 e. The van der Waals surface area contributed by atoms with Gasteiger partial charge in [-0.3, -0.25) is 0 Å². The van der Waals surface area contributed by atoms with Crippen molar-refractivity contribution in [2.45, 2.75) is 39.2 Å². The Labute approximate surface area is 81.9 Å². The van der Waals surface area contributed by atoms with Crippen LogP contribution in [0.3, 0.4) is 0 Å². The van der Waals surface area contributed by atoms with Crippen LogP contribution in [0, 0.1) is 11.8 Å². The van der Waals surface area contributed by atoms with Crippen LogP contribution in [0.25, 0.3) is 0 Å². The van der Waals surface area contributed by atoms with Crippen LogP contribution < -0.4 is 0 Å². The lowest BCUT2D eigenvalue weighted by atomic mass is 9.92. The van der Waals surface area contributed by atoms with E-state index in [-0.39, 0.29) is 0 Å². The molecule has 0 aromatic carbocycles. The fourth-order valence-corrected chi connectivity index (χ4v) is 1.53. The molecule has 1 rings (SSSR count). The summed E-state index contributed by atoms with van der Waals surface area (Å²) in [6.07, 6.45) is 2.77. The number of rotatable bonds is 5.